The van der Waals surface area contributed by atoms with Gasteiger partial charge in [-0.25, -0.2) is 5.06 Å². The highest BCUT2D eigenvalue weighted by atomic mass is 79.9. The second kappa shape index (κ2) is 3.68. The van der Waals surface area contributed by atoms with Crippen molar-refractivity contribution in [1.29, 1.82) is 0 Å². The van der Waals surface area contributed by atoms with Gasteiger partial charge in [0.2, 0.25) is 0 Å². The summed E-state index contributed by atoms with van der Waals surface area (Å²) in [5, 5.41) is 13.0. The number of hydrogen-bond acceptors (Lipinski definition) is 3. The number of amides is 1. The molecular weight excluding hydrogens is 248 g/mol. The highest BCUT2D eigenvalue weighted by molar-refractivity contribution is 9.10. The molecular formula is C9H9BrN2O2. The van der Waals surface area contributed by atoms with Crippen LogP contribution in [0, 0.1) is 0 Å². The van der Waals surface area contributed by atoms with Crippen molar-refractivity contribution in [2.75, 3.05) is 6.54 Å². The van der Waals surface area contributed by atoms with Crippen LogP contribution in [0.15, 0.2) is 28.7 Å². The maximum absolute atomic E-state index is 11.0. The summed E-state index contributed by atoms with van der Waals surface area (Å²) < 4.78 is 0.921. The molecule has 0 bridgehead atoms. The molecule has 5 heteroatoms. The van der Waals surface area contributed by atoms with Gasteiger partial charge in [-0.15, -0.1) is 0 Å². The molecule has 1 heterocycles. The molecule has 0 aromatic heterocycles. The molecule has 2 rings (SSSR count). The maximum Gasteiger partial charge on any atom is 0.261 e. The molecule has 0 aliphatic carbocycles. The van der Waals surface area contributed by atoms with E-state index >= 15 is 0 Å². The fourth-order valence-electron chi connectivity index (χ4n) is 1.43. The van der Waals surface area contributed by atoms with E-state index in [9.17, 15) is 10.0 Å². The molecule has 4 nitrogen and oxygen atoms in total. The van der Waals surface area contributed by atoms with Crippen LogP contribution in [0.5, 0.6) is 0 Å². The van der Waals surface area contributed by atoms with Crippen LogP contribution in [0.2, 0.25) is 0 Å². The third-order valence-electron chi connectivity index (χ3n) is 2.11. The predicted molar refractivity (Wildman–Crippen MR) is 53.5 cm³/mol. The van der Waals surface area contributed by atoms with E-state index in [1.54, 1.807) is 0 Å². The standard InChI is InChI=1S/C9H9BrN2O2/c10-7-3-1-2-6(4-7)9-11-5-8(13)12(9)14/h1-4,9,11,14H,5H2. The summed E-state index contributed by atoms with van der Waals surface area (Å²) >= 11 is 3.33. The molecule has 1 saturated heterocycles. The smallest absolute Gasteiger partial charge is 0.261 e. The van der Waals surface area contributed by atoms with Gasteiger partial charge in [0, 0.05) is 4.47 Å². The van der Waals surface area contributed by atoms with Crippen molar-refractivity contribution < 1.29 is 10.0 Å². The number of halogens is 1. The molecule has 1 aromatic rings. The van der Waals surface area contributed by atoms with Gasteiger partial charge in [-0.3, -0.25) is 15.3 Å². The summed E-state index contributed by atoms with van der Waals surface area (Å²) in [5.41, 5.74) is 0.854. The van der Waals surface area contributed by atoms with E-state index in [1.165, 1.54) is 0 Å². The zero-order chi connectivity index (χ0) is 10.1. The van der Waals surface area contributed by atoms with E-state index in [0.717, 1.165) is 15.1 Å². The van der Waals surface area contributed by atoms with Crippen molar-refractivity contribution in [3.05, 3.63) is 34.3 Å². The van der Waals surface area contributed by atoms with Gasteiger partial charge in [-0.05, 0) is 17.7 Å². The summed E-state index contributed by atoms with van der Waals surface area (Å²) in [6.45, 7) is 0.174. The Morgan fingerprint density at radius 1 is 1.57 bits per heavy atom. The zero-order valence-electron chi connectivity index (χ0n) is 7.27. The monoisotopic (exact) mass is 256 g/mol. The Morgan fingerprint density at radius 2 is 2.36 bits per heavy atom. The maximum atomic E-state index is 11.0. The minimum absolute atomic E-state index is 0.174. The predicted octanol–water partition coefficient (Wildman–Crippen LogP) is 1.27. The largest absolute Gasteiger partial charge is 0.284 e. The zero-order valence-corrected chi connectivity index (χ0v) is 8.86. The lowest BCUT2D eigenvalue weighted by Crippen LogP contribution is -2.26. The summed E-state index contributed by atoms with van der Waals surface area (Å²) in [6, 6.07) is 7.46. The molecule has 1 atom stereocenters. The second-order valence-electron chi connectivity index (χ2n) is 3.08. The van der Waals surface area contributed by atoms with Gasteiger partial charge in [0.15, 0.2) is 0 Å². The molecule has 1 amide bonds. The number of hydrogen-bond donors (Lipinski definition) is 2. The number of hydroxylamine groups is 2. The number of benzene rings is 1. The Labute approximate surface area is 89.6 Å². The first-order valence-electron chi connectivity index (χ1n) is 4.18. The number of nitrogens with one attached hydrogen (secondary N) is 1. The second-order valence-corrected chi connectivity index (χ2v) is 3.99. The van der Waals surface area contributed by atoms with Crippen molar-refractivity contribution in [1.82, 2.24) is 10.4 Å². The Balaban J connectivity index is 2.28. The number of nitrogens with zero attached hydrogens (tertiary/aromatic N) is 1. The highest BCUT2D eigenvalue weighted by Gasteiger charge is 2.30. The Hall–Kier alpha value is -0.910. The highest BCUT2D eigenvalue weighted by Crippen LogP contribution is 2.22. The van der Waals surface area contributed by atoms with E-state index in [0.29, 0.717) is 0 Å². The minimum Gasteiger partial charge on any atom is -0.284 e. The molecule has 1 unspecified atom stereocenters. The first kappa shape index (κ1) is 9.64. The molecule has 0 spiro atoms. The molecule has 2 N–H and O–H groups in total. The van der Waals surface area contributed by atoms with Gasteiger partial charge in [0.05, 0.1) is 6.54 Å². The molecule has 1 aliphatic heterocycles. The fourth-order valence-corrected chi connectivity index (χ4v) is 1.85. The summed E-state index contributed by atoms with van der Waals surface area (Å²) in [7, 11) is 0. The SMILES string of the molecule is O=C1CNC(c2cccc(Br)c2)N1O. The first-order chi connectivity index (χ1) is 6.68. The summed E-state index contributed by atoms with van der Waals surface area (Å²) in [5.74, 6) is -0.310. The third kappa shape index (κ3) is 1.66. The average Bonchev–Trinajstić information content (AvgIpc) is 2.48. The summed E-state index contributed by atoms with van der Waals surface area (Å²) in [4.78, 5) is 11.0. The molecule has 1 fully saturated rings. The lowest BCUT2D eigenvalue weighted by atomic mass is 10.2. The lowest BCUT2D eigenvalue weighted by molar-refractivity contribution is -0.165. The number of carbonyl (C=O) groups is 1. The lowest BCUT2D eigenvalue weighted by Gasteiger charge is -2.17. The van der Waals surface area contributed by atoms with Crippen LogP contribution in [0.4, 0.5) is 0 Å². The minimum atomic E-state index is -0.431. The van der Waals surface area contributed by atoms with Crippen LogP contribution >= 0.6 is 15.9 Å². The van der Waals surface area contributed by atoms with Crippen molar-refractivity contribution in [2.45, 2.75) is 6.17 Å². The third-order valence-corrected chi connectivity index (χ3v) is 2.60. The first-order valence-corrected chi connectivity index (χ1v) is 4.97. The van der Waals surface area contributed by atoms with Crippen molar-refractivity contribution in [2.24, 2.45) is 0 Å². The van der Waals surface area contributed by atoms with E-state index in [-0.39, 0.29) is 12.5 Å². The van der Waals surface area contributed by atoms with Gasteiger partial charge in [-0.2, -0.15) is 0 Å². The van der Waals surface area contributed by atoms with Crippen LogP contribution in [0.25, 0.3) is 0 Å². The van der Waals surface area contributed by atoms with Gasteiger partial charge >= 0.3 is 0 Å². The van der Waals surface area contributed by atoms with Gasteiger partial charge in [-0.1, -0.05) is 28.1 Å². The van der Waals surface area contributed by atoms with Crippen LogP contribution in [-0.2, 0) is 4.79 Å². The van der Waals surface area contributed by atoms with Crippen LogP contribution < -0.4 is 5.32 Å². The topological polar surface area (TPSA) is 52.6 Å². The van der Waals surface area contributed by atoms with Gasteiger partial charge in [0.25, 0.3) is 5.91 Å². The van der Waals surface area contributed by atoms with E-state index in [1.807, 2.05) is 24.3 Å². The Kier molecular flexibility index (Phi) is 2.54. The molecule has 0 saturated carbocycles. The molecule has 1 aliphatic rings. The Morgan fingerprint density at radius 3 is 2.93 bits per heavy atom. The van der Waals surface area contributed by atoms with Crippen LogP contribution in [-0.4, -0.2) is 22.7 Å². The molecule has 74 valence electrons. The van der Waals surface area contributed by atoms with Crippen molar-refractivity contribution >= 4 is 21.8 Å². The molecule has 0 radical (unpaired) electrons. The van der Waals surface area contributed by atoms with Gasteiger partial charge < -0.3 is 0 Å². The quantitative estimate of drug-likeness (QED) is 0.745. The number of rotatable bonds is 1. The summed E-state index contributed by atoms with van der Waals surface area (Å²) in [6.07, 6.45) is -0.431. The van der Waals surface area contributed by atoms with E-state index in [4.69, 9.17) is 0 Å². The van der Waals surface area contributed by atoms with E-state index in [2.05, 4.69) is 21.2 Å². The normalized spacial score (nSPS) is 21.7. The van der Waals surface area contributed by atoms with E-state index < -0.39 is 6.17 Å². The fraction of sp³-hybridized carbons (Fsp3) is 0.222. The van der Waals surface area contributed by atoms with Crippen LogP contribution in [0.3, 0.4) is 0 Å². The average molecular weight is 257 g/mol. The van der Waals surface area contributed by atoms with Crippen molar-refractivity contribution in [3.8, 4) is 0 Å². The Bertz CT molecular complexity index is 370. The van der Waals surface area contributed by atoms with Crippen molar-refractivity contribution in [3.63, 3.8) is 0 Å². The van der Waals surface area contributed by atoms with Crippen LogP contribution in [0.1, 0.15) is 11.7 Å². The van der Waals surface area contributed by atoms with Gasteiger partial charge in [0.1, 0.15) is 6.17 Å². The number of carbonyl (C=O) groups excluding carboxylic acids is 1. The molecule has 1 aromatic carbocycles. The molecule has 14 heavy (non-hydrogen) atoms.